The lowest BCUT2D eigenvalue weighted by Crippen LogP contribution is -2.63. The second kappa shape index (κ2) is 4.22. The van der Waals surface area contributed by atoms with E-state index >= 15 is 0 Å². The van der Waals surface area contributed by atoms with Gasteiger partial charge < -0.3 is 10.4 Å². The zero-order valence-electron chi connectivity index (χ0n) is 12.8. The van der Waals surface area contributed by atoms with Crippen molar-refractivity contribution in [3.8, 4) is 0 Å². The molecule has 0 spiro atoms. The Morgan fingerprint density at radius 2 is 2.00 bits per heavy atom. The zero-order valence-corrected chi connectivity index (χ0v) is 14.3. The molecule has 0 radical (unpaired) electrons. The maximum atomic E-state index is 12.9. The molecule has 4 heteroatoms. The van der Waals surface area contributed by atoms with Crippen LogP contribution in [0.15, 0.2) is 0 Å². The Bertz CT molecular complexity index is 430. The largest absolute Gasteiger partial charge is 0.394 e. The third kappa shape index (κ3) is 2.33. The average molecular weight is 344 g/mol. The van der Waals surface area contributed by atoms with Crippen LogP contribution in [0.25, 0.3) is 0 Å². The van der Waals surface area contributed by atoms with Gasteiger partial charge in [0.1, 0.15) is 0 Å². The van der Waals surface area contributed by atoms with Crippen LogP contribution < -0.4 is 5.32 Å². The van der Waals surface area contributed by atoms with Gasteiger partial charge >= 0.3 is 0 Å². The van der Waals surface area contributed by atoms with E-state index in [-0.39, 0.29) is 22.3 Å². The van der Waals surface area contributed by atoms with Crippen molar-refractivity contribution in [3.63, 3.8) is 0 Å². The van der Waals surface area contributed by atoms with Crippen molar-refractivity contribution < 1.29 is 9.90 Å². The second-order valence-corrected chi connectivity index (χ2v) is 10.4. The van der Waals surface area contributed by atoms with Crippen LogP contribution >= 0.6 is 15.9 Å². The van der Waals surface area contributed by atoms with E-state index in [1.54, 1.807) is 0 Å². The molecule has 4 aliphatic carbocycles. The van der Waals surface area contributed by atoms with E-state index in [9.17, 15) is 9.90 Å². The van der Waals surface area contributed by atoms with Gasteiger partial charge in [-0.2, -0.15) is 0 Å². The fourth-order valence-electron chi connectivity index (χ4n) is 5.52. The van der Waals surface area contributed by atoms with E-state index in [1.807, 2.05) is 13.8 Å². The summed E-state index contributed by atoms with van der Waals surface area (Å²) < 4.78 is 0.169. The number of aliphatic hydroxyl groups excluding tert-OH is 1. The molecule has 0 aromatic rings. The molecule has 0 unspecified atom stereocenters. The summed E-state index contributed by atoms with van der Waals surface area (Å²) in [6.07, 6.45) is 6.70. The molecule has 0 saturated heterocycles. The fourth-order valence-corrected chi connectivity index (χ4v) is 7.20. The number of halogens is 1. The van der Waals surface area contributed by atoms with Crippen molar-refractivity contribution in [1.82, 2.24) is 5.32 Å². The average Bonchev–Trinajstić information content (AvgIpc) is 2.23. The van der Waals surface area contributed by atoms with E-state index in [2.05, 4.69) is 28.2 Å². The van der Waals surface area contributed by atoms with E-state index in [1.165, 1.54) is 19.3 Å². The highest BCUT2D eigenvalue weighted by molar-refractivity contribution is 9.10. The molecule has 4 fully saturated rings. The molecule has 3 nitrogen and oxygen atoms in total. The molecule has 20 heavy (non-hydrogen) atoms. The summed E-state index contributed by atoms with van der Waals surface area (Å²) in [6.45, 7) is 6.11. The Morgan fingerprint density at radius 1 is 1.30 bits per heavy atom. The molecule has 0 aromatic carbocycles. The molecule has 4 aliphatic rings. The van der Waals surface area contributed by atoms with E-state index in [4.69, 9.17) is 0 Å². The fraction of sp³-hybridized carbons (Fsp3) is 0.938. The number of hydrogen-bond donors (Lipinski definition) is 2. The lowest BCUT2D eigenvalue weighted by Gasteiger charge is -2.63. The predicted molar refractivity (Wildman–Crippen MR) is 82.7 cm³/mol. The van der Waals surface area contributed by atoms with Gasteiger partial charge in [-0.15, -0.1) is 0 Å². The van der Waals surface area contributed by atoms with Crippen LogP contribution in [0.2, 0.25) is 0 Å². The van der Waals surface area contributed by atoms with Crippen LogP contribution in [0.3, 0.4) is 0 Å². The molecule has 0 aliphatic heterocycles. The predicted octanol–water partition coefficient (Wildman–Crippen LogP) is 3.00. The summed E-state index contributed by atoms with van der Waals surface area (Å²) in [7, 11) is 0. The molecule has 4 bridgehead atoms. The molecule has 0 heterocycles. The topological polar surface area (TPSA) is 49.3 Å². The third-order valence-corrected chi connectivity index (χ3v) is 6.49. The maximum Gasteiger partial charge on any atom is 0.226 e. The second-order valence-electron chi connectivity index (χ2n) is 8.75. The van der Waals surface area contributed by atoms with E-state index in [0.717, 1.165) is 19.3 Å². The summed E-state index contributed by atoms with van der Waals surface area (Å²) in [6, 6.07) is 0. The first kappa shape index (κ1) is 14.8. The van der Waals surface area contributed by atoms with Crippen molar-refractivity contribution in [1.29, 1.82) is 0 Å². The Labute approximate surface area is 130 Å². The van der Waals surface area contributed by atoms with Crippen molar-refractivity contribution in [2.45, 2.75) is 69.2 Å². The number of alkyl halides is 1. The molecule has 4 rings (SSSR count). The first-order chi connectivity index (χ1) is 9.10. The lowest BCUT2D eigenvalue weighted by molar-refractivity contribution is -0.153. The van der Waals surface area contributed by atoms with Gasteiger partial charge in [0.15, 0.2) is 0 Å². The van der Waals surface area contributed by atoms with Gasteiger partial charge in [-0.05, 0) is 63.7 Å². The molecule has 2 N–H and O–H groups in total. The number of rotatable bonds is 3. The van der Waals surface area contributed by atoms with Crippen LogP contribution in [0.1, 0.15) is 59.3 Å². The maximum absolute atomic E-state index is 12.9. The minimum atomic E-state index is -0.527. The molecule has 4 saturated carbocycles. The van der Waals surface area contributed by atoms with Gasteiger partial charge in [0.25, 0.3) is 0 Å². The summed E-state index contributed by atoms with van der Waals surface area (Å²) in [4.78, 5) is 12.9. The Balaban J connectivity index is 1.87. The minimum absolute atomic E-state index is 0.0189. The Hall–Kier alpha value is -0.0900. The third-order valence-electron chi connectivity index (χ3n) is 5.61. The summed E-state index contributed by atoms with van der Waals surface area (Å²) in [5.74, 6) is 0.842. The molecule has 114 valence electrons. The summed E-state index contributed by atoms with van der Waals surface area (Å²) in [5, 5.41) is 12.5. The Morgan fingerprint density at radius 3 is 2.55 bits per heavy atom. The smallest absolute Gasteiger partial charge is 0.226 e. The van der Waals surface area contributed by atoms with Crippen molar-refractivity contribution >= 4 is 21.8 Å². The number of nitrogens with one attached hydrogen (secondary N) is 1. The van der Waals surface area contributed by atoms with Gasteiger partial charge in [-0.3, -0.25) is 4.79 Å². The molecule has 1 amide bonds. The molecular weight excluding hydrogens is 318 g/mol. The van der Waals surface area contributed by atoms with Gasteiger partial charge in [0.05, 0.1) is 17.6 Å². The highest BCUT2D eigenvalue weighted by Gasteiger charge is 2.63. The van der Waals surface area contributed by atoms with Crippen LogP contribution in [-0.4, -0.2) is 27.5 Å². The highest BCUT2D eigenvalue weighted by atomic mass is 79.9. The summed E-state index contributed by atoms with van der Waals surface area (Å²) >= 11 is 3.96. The van der Waals surface area contributed by atoms with Crippen LogP contribution in [0.4, 0.5) is 0 Å². The minimum Gasteiger partial charge on any atom is -0.394 e. The zero-order chi connectivity index (χ0) is 14.8. The van der Waals surface area contributed by atoms with Crippen LogP contribution in [0.5, 0.6) is 0 Å². The van der Waals surface area contributed by atoms with Crippen molar-refractivity contribution in [3.05, 3.63) is 0 Å². The molecule has 4 atom stereocenters. The number of carbonyl (C=O) groups is 1. The highest BCUT2D eigenvalue weighted by Crippen LogP contribution is 2.68. The Kier molecular flexibility index (Phi) is 3.13. The quantitative estimate of drug-likeness (QED) is 0.774. The number of hydrogen-bond acceptors (Lipinski definition) is 2. The van der Waals surface area contributed by atoms with Gasteiger partial charge in [-0.25, -0.2) is 0 Å². The van der Waals surface area contributed by atoms with Gasteiger partial charge in [0.2, 0.25) is 5.91 Å². The first-order valence-electron chi connectivity index (χ1n) is 7.72. The van der Waals surface area contributed by atoms with Crippen molar-refractivity contribution in [2.24, 2.45) is 16.7 Å². The van der Waals surface area contributed by atoms with Gasteiger partial charge in [0, 0.05) is 4.32 Å². The monoisotopic (exact) mass is 343 g/mol. The van der Waals surface area contributed by atoms with Crippen molar-refractivity contribution in [2.75, 3.05) is 6.61 Å². The van der Waals surface area contributed by atoms with E-state index in [0.29, 0.717) is 11.3 Å². The number of amides is 1. The molecular formula is C16H26BrNO2. The summed E-state index contributed by atoms with van der Waals surface area (Å²) in [5.41, 5.74) is -0.436. The SMILES string of the molecule is CC(C)(CO)NC(=O)[C@@]12C[C@@H]3C[C@@](C)(C[C@](Br)(C3)C1)C2. The lowest BCUT2D eigenvalue weighted by atomic mass is 9.44. The van der Waals surface area contributed by atoms with Gasteiger partial charge in [-0.1, -0.05) is 22.9 Å². The van der Waals surface area contributed by atoms with Crippen LogP contribution in [-0.2, 0) is 4.79 Å². The normalized spacial score (nSPS) is 46.5. The first-order valence-corrected chi connectivity index (χ1v) is 8.51. The standard InChI is InChI=1S/C16H26BrNO2/c1-13(2,10-19)18-12(20)15-5-11-4-14(3,7-15)8-16(17,6-11)9-15/h11,19H,4-10H2,1-3H3,(H,18,20)/t11-,14+,15+,16+/m0/s1. The van der Waals surface area contributed by atoms with Crippen LogP contribution in [0, 0.1) is 16.7 Å². The van der Waals surface area contributed by atoms with E-state index < -0.39 is 5.54 Å². The number of carbonyl (C=O) groups excluding carboxylic acids is 1. The molecule has 0 aromatic heterocycles. The number of aliphatic hydroxyl groups is 1.